The van der Waals surface area contributed by atoms with Crippen molar-refractivity contribution in [1.29, 1.82) is 0 Å². The predicted octanol–water partition coefficient (Wildman–Crippen LogP) is 3.12. The van der Waals surface area contributed by atoms with Gasteiger partial charge in [-0.05, 0) is 50.3 Å². The van der Waals surface area contributed by atoms with Crippen molar-refractivity contribution in [1.82, 2.24) is 9.66 Å². The molecule has 1 aliphatic carbocycles. The fourth-order valence-electron chi connectivity index (χ4n) is 2.91. The Balaban J connectivity index is 1.90. The summed E-state index contributed by atoms with van der Waals surface area (Å²) >= 11 is 1.66. The zero-order chi connectivity index (χ0) is 15.1. The summed E-state index contributed by atoms with van der Waals surface area (Å²) in [5, 5.41) is 5.01. The monoisotopic (exact) mass is 313 g/mol. The third kappa shape index (κ3) is 2.11. The first-order valence-electron chi connectivity index (χ1n) is 7.36. The van der Waals surface area contributed by atoms with Gasteiger partial charge in [0.15, 0.2) is 0 Å². The number of aromatic nitrogens is 2. The largest absolute Gasteiger partial charge is 0.463 e. The number of furan rings is 1. The summed E-state index contributed by atoms with van der Waals surface area (Å²) in [6.07, 6.45) is 7.49. The van der Waals surface area contributed by atoms with Crippen molar-refractivity contribution >= 4 is 27.8 Å². The highest BCUT2D eigenvalue weighted by Crippen LogP contribution is 2.33. The number of fused-ring (bicyclic) bond motifs is 3. The van der Waals surface area contributed by atoms with Crippen LogP contribution in [0, 0.1) is 6.92 Å². The standard InChI is InChI=1S/C16H15N3O2S/c1-10-18-15-14(12-6-2-3-7-13(12)22-15)16(20)19(10)17-9-11-5-4-8-21-11/h4-5,8-9H,2-3,6-7H2,1H3/b17-9-. The lowest BCUT2D eigenvalue weighted by Gasteiger charge is -2.10. The summed E-state index contributed by atoms with van der Waals surface area (Å²) in [5.74, 6) is 1.21. The van der Waals surface area contributed by atoms with Crippen LogP contribution in [0.2, 0.25) is 0 Å². The first kappa shape index (κ1) is 13.5. The normalized spacial score (nSPS) is 14.8. The SMILES string of the molecule is Cc1nc2sc3c(c2c(=O)n1/N=C\c1ccco1)CCCC3. The van der Waals surface area contributed by atoms with Gasteiger partial charge in [0.25, 0.3) is 5.56 Å². The maximum atomic E-state index is 12.8. The molecule has 112 valence electrons. The lowest BCUT2D eigenvalue weighted by Crippen LogP contribution is -2.21. The summed E-state index contributed by atoms with van der Waals surface area (Å²) in [6.45, 7) is 1.80. The third-order valence-electron chi connectivity index (χ3n) is 3.97. The molecule has 0 N–H and O–H groups in total. The summed E-state index contributed by atoms with van der Waals surface area (Å²) in [4.78, 5) is 19.6. The molecule has 0 fully saturated rings. The molecule has 0 saturated carbocycles. The third-order valence-corrected chi connectivity index (χ3v) is 5.16. The molecule has 0 radical (unpaired) electrons. The Morgan fingerprint density at radius 2 is 2.27 bits per heavy atom. The van der Waals surface area contributed by atoms with Crippen LogP contribution in [0.25, 0.3) is 10.2 Å². The van der Waals surface area contributed by atoms with Crippen molar-refractivity contribution < 1.29 is 4.42 Å². The van der Waals surface area contributed by atoms with Gasteiger partial charge in [0.05, 0.1) is 17.9 Å². The van der Waals surface area contributed by atoms with Crippen molar-refractivity contribution in [3.63, 3.8) is 0 Å². The average Bonchev–Trinajstić information content (AvgIpc) is 3.13. The number of rotatable bonds is 2. The van der Waals surface area contributed by atoms with Crippen LogP contribution >= 0.6 is 11.3 Å². The highest BCUT2D eigenvalue weighted by Gasteiger charge is 2.20. The molecule has 5 nitrogen and oxygen atoms in total. The lowest BCUT2D eigenvalue weighted by atomic mass is 9.97. The fraction of sp³-hybridized carbons (Fsp3) is 0.312. The van der Waals surface area contributed by atoms with Crippen LogP contribution < -0.4 is 5.56 Å². The predicted molar refractivity (Wildman–Crippen MR) is 87.0 cm³/mol. The van der Waals surface area contributed by atoms with E-state index < -0.39 is 0 Å². The molecule has 3 aromatic rings. The number of hydrogen-bond acceptors (Lipinski definition) is 5. The summed E-state index contributed by atoms with van der Waals surface area (Å²) < 4.78 is 6.58. The molecule has 0 bridgehead atoms. The molecule has 22 heavy (non-hydrogen) atoms. The zero-order valence-electron chi connectivity index (χ0n) is 12.2. The van der Waals surface area contributed by atoms with E-state index in [-0.39, 0.29) is 5.56 Å². The van der Waals surface area contributed by atoms with Gasteiger partial charge in [-0.25, -0.2) is 4.98 Å². The van der Waals surface area contributed by atoms with Gasteiger partial charge in [0, 0.05) is 4.88 Å². The van der Waals surface area contributed by atoms with Crippen molar-refractivity contribution in [2.24, 2.45) is 5.10 Å². The minimum Gasteiger partial charge on any atom is -0.463 e. The Hall–Kier alpha value is -2.21. The van der Waals surface area contributed by atoms with Crippen LogP contribution in [-0.2, 0) is 12.8 Å². The van der Waals surface area contributed by atoms with Crippen LogP contribution in [-0.4, -0.2) is 15.9 Å². The molecule has 0 aliphatic heterocycles. The molecule has 0 saturated heterocycles. The van der Waals surface area contributed by atoms with Gasteiger partial charge in [0.2, 0.25) is 0 Å². The smallest absolute Gasteiger partial charge is 0.283 e. The average molecular weight is 313 g/mol. The molecule has 0 aromatic carbocycles. The van der Waals surface area contributed by atoms with E-state index >= 15 is 0 Å². The van der Waals surface area contributed by atoms with Gasteiger partial charge in [-0.2, -0.15) is 9.78 Å². The minimum atomic E-state index is -0.0790. The van der Waals surface area contributed by atoms with E-state index in [1.165, 1.54) is 21.5 Å². The van der Waals surface area contributed by atoms with E-state index in [1.807, 2.05) is 0 Å². The highest BCUT2D eigenvalue weighted by molar-refractivity contribution is 7.18. The summed E-state index contributed by atoms with van der Waals surface area (Å²) in [5.41, 5.74) is 1.11. The van der Waals surface area contributed by atoms with Gasteiger partial charge in [-0.1, -0.05) is 0 Å². The topological polar surface area (TPSA) is 60.4 Å². The van der Waals surface area contributed by atoms with E-state index in [0.29, 0.717) is 11.6 Å². The molecular formula is C16H15N3O2S. The second-order valence-electron chi connectivity index (χ2n) is 5.43. The maximum absolute atomic E-state index is 12.8. The number of aryl methyl sites for hydroxylation is 3. The molecule has 6 heteroatoms. The molecule has 0 spiro atoms. The molecule has 1 aliphatic rings. The van der Waals surface area contributed by atoms with Crippen LogP contribution in [0.4, 0.5) is 0 Å². The second-order valence-corrected chi connectivity index (χ2v) is 6.51. The highest BCUT2D eigenvalue weighted by atomic mass is 32.1. The number of nitrogens with zero attached hydrogens (tertiary/aromatic N) is 3. The Labute approximate surface area is 130 Å². The molecule has 0 amide bonds. The first-order chi connectivity index (χ1) is 10.7. The molecular weight excluding hydrogens is 298 g/mol. The van der Waals surface area contributed by atoms with Crippen molar-refractivity contribution in [2.75, 3.05) is 0 Å². The van der Waals surface area contributed by atoms with Gasteiger partial charge in [-0.15, -0.1) is 11.3 Å². The molecule has 3 aromatic heterocycles. The second kappa shape index (κ2) is 5.21. The van der Waals surface area contributed by atoms with Gasteiger partial charge in [-0.3, -0.25) is 4.79 Å². The lowest BCUT2D eigenvalue weighted by molar-refractivity contribution is 0.559. The van der Waals surface area contributed by atoms with Gasteiger partial charge >= 0.3 is 0 Å². The Bertz CT molecular complexity index is 919. The number of hydrogen-bond donors (Lipinski definition) is 0. The van der Waals surface area contributed by atoms with Crippen LogP contribution in [0.3, 0.4) is 0 Å². The number of thiophene rings is 1. The van der Waals surface area contributed by atoms with Crippen LogP contribution in [0.15, 0.2) is 32.7 Å². The Morgan fingerprint density at radius 1 is 1.41 bits per heavy atom. The van der Waals surface area contributed by atoms with E-state index in [4.69, 9.17) is 4.42 Å². The van der Waals surface area contributed by atoms with E-state index in [1.54, 1.807) is 42.9 Å². The molecule has 0 atom stereocenters. The molecule has 4 rings (SSSR count). The van der Waals surface area contributed by atoms with Crippen molar-refractivity contribution in [2.45, 2.75) is 32.6 Å². The summed E-state index contributed by atoms with van der Waals surface area (Å²) in [7, 11) is 0. The molecule has 0 unspecified atom stereocenters. The van der Waals surface area contributed by atoms with Gasteiger partial charge in [0.1, 0.15) is 16.4 Å². The van der Waals surface area contributed by atoms with E-state index in [9.17, 15) is 4.79 Å². The quantitative estimate of drug-likeness (QED) is 0.683. The van der Waals surface area contributed by atoms with Crippen LogP contribution in [0.1, 0.15) is 34.9 Å². The van der Waals surface area contributed by atoms with Crippen LogP contribution in [0.5, 0.6) is 0 Å². The Kier molecular flexibility index (Phi) is 3.18. The summed E-state index contributed by atoms with van der Waals surface area (Å²) in [6, 6.07) is 3.58. The van der Waals surface area contributed by atoms with E-state index in [2.05, 4.69) is 10.1 Å². The first-order valence-corrected chi connectivity index (χ1v) is 8.17. The Morgan fingerprint density at radius 3 is 3.09 bits per heavy atom. The van der Waals surface area contributed by atoms with E-state index in [0.717, 1.165) is 29.5 Å². The fourth-order valence-corrected chi connectivity index (χ4v) is 4.21. The van der Waals surface area contributed by atoms with Crippen molar-refractivity contribution in [3.05, 3.63) is 50.8 Å². The maximum Gasteiger partial charge on any atom is 0.283 e. The minimum absolute atomic E-state index is 0.0790. The van der Waals surface area contributed by atoms with Gasteiger partial charge < -0.3 is 4.42 Å². The van der Waals surface area contributed by atoms with Crippen molar-refractivity contribution in [3.8, 4) is 0 Å². The zero-order valence-corrected chi connectivity index (χ0v) is 13.0. The molecule has 3 heterocycles.